The van der Waals surface area contributed by atoms with Crippen LogP contribution in [-0.4, -0.2) is 22.0 Å². The second-order valence-corrected chi connectivity index (χ2v) is 4.36. The van der Waals surface area contributed by atoms with Crippen LogP contribution in [0.5, 0.6) is 0 Å². The van der Waals surface area contributed by atoms with Crippen molar-refractivity contribution in [2.75, 3.05) is 0 Å². The standard InChI is InChI=1S/C14H10N4O5/c19-14(11-4-2-6-13(8-11)18(22)23)16-15-9-10-3-1-5-12(7-10)17(20)21/h1-9H,(H,16,19)/b15-9-. The average Bonchev–Trinajstić information content (AvgIpc) is 2.55. The first-order chi connectivity index (χ1) is 11.0. The van der Waals surface area contributed by atoms with E-state index < -0.39 is 15.8 Å². The van der Waals surface area contributed by atoms with Gasteiger partial charge < -0.3 is 0 Å². The van der Waals surface area contributed by atoms with Gasteiger partial charge in [0.15, 0.2) is 0 Å². The molecule has 9 nitrogen and oxygen atoms in total. The first kappa shape index (κ1) is 15.8. The highest BCUT2D eigenvalue weighted by molar-refractivity contribution is 5.95. The van der Waals surface area contributed by atoms with Gasteiger partial charge in [-0.3, -0.25) is 25.0 Å². The molecule has 0 bridgehead atoms. The molecule has 0 aliphatic rings. The van der Waals surface area contributed by atoms with Gasteiger partial charge in [-0.15, -0.1) is 0 Å². The van der Waals surface area contributed by atoms with Crippen molar-refractivity contribution in [3.05, 3.63) is 79.9 Å². The number of amides is 1. The van der Waals surface area contributed by atoms with E-state index in [-0.39, 0.29) is 16.9 Å². The lowest BCUT2D eigenvalue weighted by Crippen LogP contribution is -2.17. The number of benzene rings is 2. The van der Waals surface area contributed by atoms with Gasteiger partial charge in [0.05, 0.1) is 16.1 Å². The molecule has 0 saturated carbocycles. The third-order valence-corrected chi connectivity index (χ3v) is 2.78. The molecule has 0 aliphatic heterocycles. The second-order valence-electron chi connectivity index (χ2n) is 4.36. The van der Waals surface area contributed by atoms with Crippen molar-refractivity contribution < 1.29 is 14.6 Å². The number of carbonyl (C=O) groups is 1. The number of hydrogen-bond acceptors (Lipinski definition) is 6. The van der Waals surface area contributed by atoms with E-state index in [0.29, 0.717) is 5.56 Å². The smallest absolute Gasteiger partial charge is 0.267 e. The van der Waals surface area contributed by atoms with E-state index in [0.717, 1.165) is 6.07 Å². The minimum Gasteiger partial charge on any atom is -0.267 e. The lowest BCUT2D eigenvalue weighted by Gasteiger charge is -1.99. The number of nitrogens with one attached hydrogen (secondary N) is 1. The van der Waals surface area contributed by atoms with E-state index in [9.17, 15) is 25.0 Å². The molecule has 2 rings (SSSR count). The molecule has 0 heterocycles. The highest BCUT2D eigenvalue weighted by atomic mass is 16.6. The maximum atomic E-state index is 11.8. The number of rotatable bonds is 5. The van der Waals surface area contributed by atoms with Crippen molar-refractivity contribution in [1.29, 1.82) is 0 Å². The number of nitrogens with zero attached hydrogens (tertiary/aromatic N) is 3. The predicted molar refractivity (Wildman–Crippen MR) is 81.3 cm³/mol. The minimum absolute atomic E-state index is 0.0791. The summed E-state index contributed by atoms with van der Waals surface area (Å²) in [4.78, 5) is 32.0. The number of nitro benzene ring substituents is 2. The molecule has 116 valence electrons. The number of hydrazone groups is 1. The zero-order chi connectivity index (χ0) is 16.8. The van der Waals surface area contributed by atoms with E-state index in [1.165, 1.54) is 42.6 Å². The molecule has 0 saturated heterocycles. The number of non-ortho nitro benzene ring substituents is 2. The van der Waals surface area contributed by atoms with Crippen molar-refractivity contribution >= 4 is 23.5 Å². The van der Waals surface area contributed by atoms with Crippen LogP contribution in [0, 0.1) is 20.2 Å². The third kappa shape index (κ3) is 4.17. The summed E-state index contributed by atoms with van der Waals surface area (Å²) in [6.07, 6.45) is 1.24. The van der Waals surface area contributed by atoms with Crippen LogP contribution >= 0.6 is 0 Å². The van der Waals surface area contributed by atoms with Gasteiger partial charge in [-0.25, -0.2) is 5.43 Å². The lowest BCUT2D eigenvalue weighted by atomic mass is 10.2. The molecule has 1 N–H and O–H groups in total. The van der Waals surface area contributed by atoms with Gasteiger partial charge in [-0.1, -0.05) is 18.2 Å². The van der Waals surface area contributed by atoms with Crippen LogP contribution in [-0.2, 0) is 0 Å². The average molecular weight is 314 g/mol. The van der Waals surface area contributed by atoms with Crippen molar-refractivity contribution in [3.63, 3.8) is 0 Å². The van der Waals surface area contributed by atoms with Gasteiger partial charge in [0.1, 0.15) is 0 Å². The summed E-state index contributed by atoms with van der Waals surface area (Å²) in [7, 11) is 0. The van der Waals surface area contributed by atoms with Crippen LogP contribution in [0.25, 0.3) is 0 Å². The first-order valence-electron chi connectivity index (χ1n) is 6.29. The molecule has 0 aromatic heterocycles. The molecule has 0 atom stereocenters. The van der Waals surface area contributed by atoms with Crippen LogP contribution in [0.4, 0.5) is 11.4 Å². The quantitative estimate of drug-likeness (QED) is 0.514. The Bertz CT molecular complexity index is 803. The molecule has 0 fully saturated rings. The Morgan fingerprint density at radius 2 is 1.61 bits per heavy atom. The molecule has 0 unspecified atom stereocenters. The lowest BCUT2D eigenvalue weighted by molar-refractivity contribution is -0.385. The Hall–Kier alpha value is -3.62. The van der Waals surface area contributed by atoms with Crippen LogP contribution in [0.3, 0.4) is 0 Å². The molecule has 9 heteroatoms. The molecule has 0 radical (unpaired) electrons. The number of nitro groups is 2. The number of carbonyl (C=O) groups excluding carboxylic acids is 1. The van der Waals surface area contributed by atoms with E-state index in [1.807, 2.05) is 0 Å². The normalized spacial score (nSPS) is 10.4. The summed E-state index contributed by atoms with van der Waals surface area (Å²) in [6.45, 7) is 0. The molecule has 0 aliphatic carbocycles. The van der Waals surface area contributed by atoms with E-state index in [2.05, 4.69) is 10.5 Å². The van der Waals surface area contributed by atoms with Crippen molar-refractivity contribution in [2.24, 2.45) is 5.10 Å². The van der Waals surface area contributed by atoms with Crippen molar-refractivity contribution in [3.8, 4) is 0 Å². The fourth-order valence-corrected chi connectivity index (χ4v) is 1.71. The zero-order valence-corrected chi connectivity index (χ0v) is 11.6. The van der Waals surface area contributed by atoms with E-state index in [4.69, 9.17) is 0 Å². The molecule has 1 amide bonds. The Balaban J connectivity index is 2.07. The van der Waals surface area contributed by atoms with Crippen LogP contribution in [0.2, 0.25) is 0 Å². The Kier molecular flexibility index (Phi) is 4.72. The first-order valence-corrected chi connectivity index (χ1v) is 6.29. The third-order valence-electron chi connectivity index (χ3n) is 2.78. The molecular weight excluding hydrogens is 304 g/mol. The van der Waals surface area contributed by atoms with Crippen LogP contribution in [0.15, 0.2) is 53.6 Å². The summed E-state index contributed by atoms with van der Waals surface area (Å²) in [5, 5.41) is 25.0. The molecule has 2 aromatic carbocycles. The molecule has 2 aromatic rings. The van der Waals surface area contributed by atoms with Crippen LogP contribution in [0.1, 0.15) is 15.9 Å². The zero-order valence-electron chi connectivity index (χ0n) is 11.6. The fraction of sp³-hybridized carbons (Fsp3) is 0. The van der Waals surface area contributed by atoms with Gasteiger partial charge in [-0.2, -0.15) is 5.10 Å². The summed E-state index contributed by atoms with van der Waals surface area (Å²) in [6, 6.07) is 10.9. The predicted octanol–water partition coefficient (Wildman–Crippen LogP) is 2.27. The molecule has 0 spiro atoms. The summed E-state index contributed by atoms with van der Waals surface area (Å²) in [5.74, 6) is -0.629. The summed E-state index contributed by atoms with van der Waals surface area (Å²) < 4.78 is 0. The molecular formula is C14H10N4O5. The topological polar surface area (TPSA) is 128 Å². The highest BCUT2D eigenvalue weighted by Gasteiger charge is 2.10. The van der Waals surface area contributed by atoms with Gasteiger partial charge in [-0.05, 0) is 6.07 Å². The highest BCUT2D eigenvalue weighted by Crippen LogP contribution is 2.13. The van der Waals surface area contributed by atoms with Crippen molar-refractivity contribution in [1.82, 2.24) is 5.43 Å². The summed E-state index contributed by atoms with van der Waals surface area (Å²) in [5.41, 5.74) is 2.40. The van der Waals surface area contributed by atoms with E-state index in [1.54, 1.807) is 6.07 Å². The van der Waals surface area contributed by atoms with Gasteiger partial charge in [0.2, 0.25) is 0 Å². The van der Waals surface area contributed by atoms with Crippen LogP contribution < -0.4 is 5.43 Å². The molecule has 23 heavy (non-hydrogen) atoms. The number of hydrogen-bond donors (Lipinski definition) is 1. The van der Waals surface area contributed by atoms with Gasteiger partial charge >= 0.3 is 0 Å². The summed E-state index contributed by atoms with van der Waals surface area (Å²) >= 11 is 0. The minimum atomic E-state index is -0.629. The Morgan fingerprint density at radius 1 is 1.00 bits per heavy atom. The maximum absolute atomic E-state index is 11.8. The fourth-order valence-electron chi connectivity index (χ4n) is 1.71. The Morgan fingerprint density at radius 3 is 2.26 bits per heavy atom. The SMILES string of the molecule is O=C(N/N=C\c1cccc([N+](=O)[O-])c1)c1cccc([N+](=O)[O-])c1. The van der Waals surface area contributed by atoms with E-state index >= 15 is 0 Å². The van der Waals surface area contributed by atoms with Gasteiger partial charge in [0.25, 0.3) is 17.3 Å². The monoisotopic (exact) mass is 314 g/mol. The van der Waals surface area contributed by atoms with Gasteiger partial charge in [0, 0.05) is 35.4 Å². The Labute approximate surface area is 129 Å². The largest absolute Gasteiger partial charge is 0.271 e. The maximum Gasteiger partial charge on any atom is 0.271 e. The van der Waals surface area contributed by atoms with Crippen molar-refractivity contribution in [2.45, 2.75) is 0 Å². The second kappa shape index (κ2) is 6.89.